The van der Waals surface area contributed by atoms with Gasteiger partial charge in [-0.1, -0.05) is 23.8 Å². The SMILES string of the molecule is CNC(=O)C(C)Nc1ccc(C)cc1C(N)=S. The highest BCUT2D eigenvalue weighted by atomic mass is 32.1. The zero-order chi connectivity index (χ0) is 13.0. The summed E-state index contributed by atoms with van der Waals surface area (Å²) >= 11 is 4.99. The molecule has 0 aliphatic rings. The highest BCUT2D eigenvalue weighted by molar-refractivity contribution is 7.80. The van der Waals surface area contributed by atoms with Crippen LogP contribution >= 0.6 is 12.2 Å². The molecule has 4 N–H and O–H groups in total. The molecule has 0 aromatic heterocycles. The van der Waals surface area contributed by atoms with Gasteiger partial charge >= 0.3 is 0 Å². The highest BCUT2D eigenvalue weighted by Crippen LogP contribution is 2.18. The summed E-state index contributed by atoms with van der Waals surface area (Å²) in [5.74, 6) is -0.0838. The predicted molar refractivity (Wildman–Crippen MR) is 74.2 cm³/mol. The molecule has 1 aromatic rings. The second-order valence-electron chi connectivity index (χ2n) is 3.89. The van der Waals surface area contributed by atoms with Crippen molar-refractivity contribution in [3.05, 3.63) is 29.3 Å². The Morgan fingerprint density at radius 2 is 2.12 bits per heavy atom. The summed E-state index contributed by atoms with van der Waals surface area (Å²) in [6.45, 7) is 3.75. The molecule has 0 radical (unpaired) electrons. The Bertz CT molecular complexity index is 445. The van der Waals surface area contributed by atoms with Crippen molar-refractivity contribution in [1.29, 1.82) is 0 Å². The van der Waals surface area contributed by atoms with Crippen LogP contribution in [0.5, 0.6) is 0 Å². The van der Waals surface area contributed by atoms with Crippen LogP contribution in [0.2, 0.25) is 0 Å². The Labute approximate surface area is 107 Å². The van der Waals surface area contributed by atoms with Gasteiger partial charge in [0.05, 0.1) is 0 Å². The third-order valence-electron chi connectivity index (χ3n) is 2.45. The molecule has 5 heteroatoms. The maximum Gasteiger partial charge on any atom is 0.241 e. The zero-order valence-corrected chi connectivity index (χ0v) is 11.0. The molecule has 0 heterocycles. The fourth-order valence-electron chi connectivity index (χ4n) is 1.50. The van der Waals surface area contributed by atoms with Crippen LogP contribution in [0.15, 0.2) is 18.2 Å². The predicted octanol–water partition coefficient (Wildman–Crippen LogP) is 1.18. The van der Waals surface area contributed by atoms with Crippen LogP contribution < -0.4 is 16.4 Å². The van der Waals surface area contributed by atoms with Gasteiger partial charge in [0.25, 0.3) is 0 Å². The van der Waals surface area contributed by atoms with E-state index in [0.29, 0.717) is 4.99 Å². The minimum absolute atomic E-state index is 0.0838. The Morgan fingerprint density at radius 1 is 1.47 bits per heavy atom. The van der Waals surface area contributed by atoms with E-state index in [1.165, 1.54) is 0 Å². The fourth-order valence-corrected chi connectivity index (χ4v) is 1.67. The molecule has 1 rings (SSSR count). The van der Waals surface area contributed by atoms with E-state index in [2.05, 4.69) is 10.6 Å². The first-order valence-electron chi connectivity index (χ1n) is 5.34. The lowest BCUT2D eigenvalue weighted by atomic mass is 10.1. The Hall–Kier alpha value is -1.62. The number of hydrogen-bond donors (Lipinski definition) is 3. The van der Waals surface area contributed by atoms with Crippen molar-refractivity contribution in [3.63, 3.8) is 0 Å². The molecule has 1 amide bonds. The average molecular weight is 251 g/mol. The molecule has 0 spiro atoms. The van der Waals surface area contributed by atoms with Gasteiger partial charge < -0.3 is 16.4 Å². The Kier molecular flexibility index (Phi) is 4.45. The second kappa shape index (κ2) is 5.63. The molecule has 1 atom stereocenters. The standard InChI is InChI=1S/C12H17N3OS/c1-7-4-5-10(9(6-7)11(13)17)15-8(2)12(16)14-3/h4-6,8,15H,1-3H3,(H2,13,17)(H,14,16). The first kappa shape index (κ1) is 13.4. The number of carbonyl (C=O) groups is 1. The van der Waals surface area contributed by atoms with Crippen molar-refractivity contribution < 1.29 is 4.79 Å². The Balaban J connectivity index is 2.98. The number of likely N-dealkylation sites (N-methyl/N-ethyl adjacent to an activating group) is 1. The van der Waals surface area contributed by atoms with Gasteiger partial charge in [0.1, 0.15) is 11.0 Å². The molecule has 1 aromatic carbocycles. The van der Waals surface area contributed by atoms with Crippen LogP contribution in [0, 0.1) is 6.92 Å². The molecule has 17 heavy (non-hydrogen) atoms. The van der Waals surface area contributed by atoms with Crippen molar-refractivity contribution >= 4 is 28.8 Å². The number of thiocarbonyl (C=S) groups is 1. The summed E-state index contributed by atoms with van der Waals surface area (Å²) in [7, 11) is 1.60. The summed E-state index contributed by atoms with van der Waals surface area (Å²) in [5, 5.41) is 5.67. The summed E-state index contributed by atoms with van der Waals surface area (Å²) in [6.07, 6.45) is 0. The van der Waals surface area contributed by atoms with Crippen LogP contribution in [0.1, 0.15) is 18.1 Å². The molecule has 4 nitrogen and oxygen atoms in total. The van der Waals surface area contributed by atoms with Crippen molar-refractivity contribution in [2.75, 3.05) is 12.4 Å². The van der Waals surface area contributed by atoms with Crippen LogP contribution in [0.25, 0.3) is 0 Å². The molecule has 0 saturated carbocycles. The number of aryl methyl sites for hydroxylation is 1. The topological polar surface area (TPSA) is 67.2 Å². The second-order valence-corrected chi connectivity index (χ2v) is 4.33. The van der Waals surface area contributed by atoms with Gasteiger partial charge in [0.2, 0.25) is 5.91 Å². The van der Waals surface area contributed by atoms with Crippen LogP contribution in [-0.4, -0.2) is 24.0 Å². The van der Waals surface area contributed by atoms with Crippen molar-refractivity contribution in [3.8, 4) is 0 Å². The van der Waals surface area contributed by atoms with E-state index >= 15 is 0 Å². The van der Waals surface area contributed by atoms with E-state index in [4.69, 9.17) is 18.0 Å². The zero-order valence-electron chi connectivity index (χ0n) is 10.2. The minimum atomic E-state index is -0.337. The lowest BCUT2D eigenvalue weighted by molar-refractivity contribution is -0.121. The largest absolute Gasteiger partial charge is 0.389 e. The summed E-state index contributed by atoms with van der Waals surface area (Å²) in [6, 6.07) is 5.39. The first-order chi connectivity index (χ1) is 7.95. The van der Waals surface area contributed by atoms with Crippen molar-refractivity contribution in [1.82, 2.24) is 5.32 Å². The van der Waals surface area contributed by atoms with Gasteiger partial charge in [-0.25, -0.2) is 0 Å². The van der Waals surface area contributed by atoms with E-state index in [9.17, 15) is 4.79 Å². The number of nitrogens with one attached hydrogen (secondary N) is 2. The first-order valence-corrected chi connectivity index (χ1v) is 5.75. The van der Waals surface area contributed by atoms with E-state index in [1.54, 1.807) is 14.0 Å². The molecular formula is C12H17N3OS. The third kappa shape index (κ3) is 3.42. The summed E-state index contributed by atoms with van der Waals surface area (Å²) in [4.78, 5) is 11.7. The summed E-state index contributed by atoms with van der Waals surface area (Å²) in [5.41, 5.74) is 8.27. The maximum atomic E-state index is 11.4. The normalized spacial score (nSPS) is 11.7. The number of anilines is 1. The van der Waals surface area contributed by atoms with Gasteiger partial charge in [0, 0.05) is 18.3 Å². The van der Waals surface area contributed by atoms with Crippen LogP contribution in [-0.2, 0) is 4.79 Å². The van der Waals surface area contributed by atoms with Crippen molar-refractivity contribution in [2.45, 2.75) is 19.9 Å². The minimum Gasteiger partial charge on any atom is -0.389 e. The van der Waals surface area contributed by atoms with Gasteiger partial charge in [0.15, 0.2) is 0 Å². The van der Waals surface area contributed by atoms with Crippen LogP contribution in [0.4, 0.5) is 5.69 Å². The van der Waals surface area contributed by atoms with E-state index in [-0.39, 0.29) is 11.9 Å². The maximum absolute atomic E-state index is 11.4. The van der Waals surface area contributed by atoms with E-state index in [1.807, 2.05) is 25.1 Å². The van der Waals surface area contributed by atoms with Gasteiger partial charge in [-0.2, -0.15) is 0 Å². The molecule has 0 bridgehead atoms. The number of benzene rings is 1. The molecular weight excluding hydrogens is 234 g/mol. The number of hydrogen-bond acceptors (Lipinski definition) is 3. The van der Waals surface area contributed by atoms with Crippen molar-refractivity contribution in [2.24, 2.45) is 5.73 Å². The summed E-state index contributed by atoms with van der Waals surface area (Å²) < 4.78 is 0. The number of rotatable bonds is 4. The van der Waals surface area contributed by atoms with Crippen LogP contribution in [0.3, 0.4) is 0 Å². The third-order valence-corrected chi connectivity index (χ3v) is 2.67. The van der Waals surface area contributed by atoms with Gasteiger partial charge in [-0.05, 0) is 26.0 Å². The highest BCUT2D eigenvalue weighted by Gasteiger charge is 2.13. The molecule has 1 unspecified atom stereocenters. The fraction of sp³-hybridized carbons (Fsp3) is 0.333. The lowest BCUT2D eigenvalue weighted by Gasteiger charge is -2.17. The van der Waals surface area contributed by atoms with E-state index < -0.39 is 0 Å². The average Bonchev–Trinajstić information content (AvgIpc) is 2.29. The monoisotopic (exact) mass is 251 g/mol. The van der Waals surface area contributed by atoms with Gasteiger partial charge in [-0.15, -0.1) is 0 Å². The van der Waals surface area contributed by atoms with E-state index in [0.717, 1.165) is 16.8 Å². The quantitative estimate of drug-likeness (QED) is 0.703. The smallest absolute Gasteiger partial charge is 0.241 e. The van der Waals surface area contributed by atoms with Gasteiger partial charge in [-0.3, -0.25) is 4.79 Å². The Morgan fingerprint density at radius 3 is 2.65 bits per heavy atom. The number of carbonyl (C=O) groups excluding carboxylic acids is 1. The lowest BCUT2D eigenvalue weighted by Crippen LogP contribution is -2.35. The molecule has 92 valence electrons. The molecule has 0 aliphatic heterocycles. The molecule has 0 fully saturated rings. The number of nitrogens with two attached hydrogens (primary N) is 1. The molecule has 0 aliphatic carbocycles. The molecule has 0 saturated heterocycles. The number of amides is 1.